The van der Waals surface area contributed by atoms with Gasteiger partial charge in [-0.05, 0) is 42.3 Å². The number of hydrogen-bond acceptors (Lipinski definition) is 6. The Balaban J connectivity index is 1.42. The van der Waals surface area contributed by atoms with E-state index >= 15 is 0 Å². The summed E-state index contributed by atoms with van der Waals surface area (Å²) in [4.78, 5) is 18.2. The van der Waals surface area contributed by atoms with E-state index in [1.54, 1.807) is 42.6 Å². The highest BCUT2D eigenvalue weighted by Crippen LogP contribution is 2.34. The minimum Gasteiger partial charge on any atom is -0.489 e. The van der Waals surface area contributed by atoms with E-state index in [0.29, 0.717) is 46.8 Å². The van der Waals surface area contributed by atoms with Gasteiger partial charge in [0.2, 0.25) is 5.88 Å². The number of primary amides is 1. The van der Waals surface area contributed by atoms with Gasteiger partial charge in [-0.2, -0.15) is 0 Å². The first kappa shape index (κ1) is 22.7. The zero-order valence-electron chi connectivity index (χ0n) is 19.5. The van der Waals surface area contributed by atoms with Gasteiger partial charge in [0, 0.05) is 18.2 Å². The fourth-order valence-electron chi connectivity index (χ4n) is 3.79. The number of carbonyl (C=O) groups is 1. The first-order chi connectivity index (χ1) is 17.5. The number of imidazole rings is 1. The highest BCUT2D eigenvalue weighted by Gasteiger charge is 2.19. The number of ether oxygens (including phenoxy) is 2. The van der Waals surface area contributed by atoms with Crippen LogP contribution in [0.15, 0.2) is 91.1 Å². The molecule has 2 amide bonds. The van der Waals surface area contributed by atoms with E-state index in [2.05, 4.69) is 10.1 Å². The monoisotopic (exact) mass is 480 g/mol. The minimum atomic E-state index is -0.635. The molecule has 0 saturated heterocycles. The van der Waals surface area contributed by atoms with Gasteiger partial charge in [-0.15, -0.1) is 5.10 Å². The van der Waals surface area contributed by atoms with Crippen LogP contribution in [0.4, 0.5) is 22.0 Å². The third kappa shape index (κ3) is 4.90. The Kier molecular flexibility index (Phi) is 6.10. The van der Waals surface area contributed by atoms with Crippen LogP contribution in [0.25, 0.3) is 5.65 Å². The van der Waals surface area contributed by atoms with Crippen LogP contribution < -0.4 is 25.8 Å². The Morgan fingerprint density at radius 2 is 1.81 bits per heavy atom. The summed E-state index contributed by atoms with van der Waals surface area (Å²) >= 11 is 0. The van der Waals surface area contributed by atoms with E-state index in [1.807, 2.05) is 55.5 Å². The molecule has 36 heavy (non-hydrogen) atoms. The molecule has 0 saturated carbocycles. The van der Waals surface area contributed by atoms with Gasteiger partial charge in [0.1, 0.15) is 23.9 Å². The predicted molar refractivity (Wildman–Crippen MR) is 138 cm³/mol. The van der Waals surface area contributed by atoms with Crippen LogP contribution >= 0.6 is 0 Å². The molecule has 0 aliphatic heterocycles. The van der Waals surface area contributed by atoms with Gasteiger partial charge < -0.3 is 20.9 Å². The lowest BCUT2D eigenvalue weighted by Gasteiger charge is -2.23. The largest absolute Gasteiger partial charge is 0.489 e. The van der Waals surface area contributed by atoms with Crippen LogP contribution in [0.2, 0.25) is 0 Å². The molecule has 0 aliphatic rings. The zero-order valence-corrected chi connectivity index (χ0v) is 19.5. The first-order valence-electron chi connectivity index (χ1n) is 11.2. The van der Waals surface area contributed by atoms with E-state index in [1.165, 1.54) is 9.42 Å². The van der Waals surface area contributed by atoms with Gasteiger partial charge in [0.15, 0.2) is 5.65 Å². The van der Waals surface area contributed by atoms with Crippen molar-refractivity contribution >= 4 is 28.9 Å². The Morgan fingerprint density at radius 1 is 0.972 bits per heavy atom. The number of benzene rings is 3. The normalized spacial score (nSPS) is 10.8. The van der Waals surface area contributed by atoms with E-state index in [9.17, 15) is 4.79 Å². The van der Waals surface area contributed by atoms with Crippen molar-refractivity contribution in [1.29, 1.82) is 0 Å². The first-order valence-corrected chi connectivity index (χ1v) is 11.2. The SMILES string of the molecule is Cc1ccc(Oc2ccc3nc(N)cn3n2)cc1N(C(N)=O)c1cccc(OCc2ccccc2)c1. The number of fused-ring (bicyclic) bond motifs is 1. The van der Waals surface area contributed by atoms with Crippen LogP contribution in [0.3, 0.4) is 0 Å². The maximum atomic E-state index is 12.6. The number of aromatic nitrogens is 3. The lowest BCUT2D eigenvalue weighted by atomic mass is 10.1. The molecule has 0 radical (unpaired) electrons. The highest BCUT2D eigenvalue weighted by molar-refractivity contribution is 5.99. The van der Waals surface area contributed by atoms with Gasteiger partial charge in [0.05, 0.1) is 17.6 Å². The molecule has 0 aliphatic carbocycles. The maximum absolute atomic E-state index is 12.6. The summed E-state index contributed by atoms with van der Waals surface area (Å²) in [5.74, 6) is 1.81. The summed E-state index contributed by atoms with van der Waals surface area (Å²) in [6.07, 6.45) is 1.60. The summed E-state index contributed by atoms with van der Waals surface area (Å²) in [5, 5.41) is 4.37. The summed E-state index contributed by atoms with van der Waals surface area (Å²) in [7, 11) is 0. The summed E-state index contributed by atoms with van der Waals surface area (Å²) in [5.41, 5.74) is 15.2. The van der Waals surface area contributed by atoms with Crippen molar-refractivity contribution in [2.45, 2.75) is 13.5 Å². The van der Waals surface area contributed by atoms with Crippen molar-refractivity contribution in [3.63, 3.8) is 0 Å². The Hall–Kier alpha value is -5.05. The summed E-state index contributed by atoms with van der Waals surface area (Å²) in [6, 6.07) is 25.3. The van der Waals surface area contributed by atoms with E-state index in [0.717, 1.165) is 11.1 Å². The Morgan fingerprint density at radius 3 is 2.61 bits per heavy atom. The fourth-order valence-corrected chi connectivity index (χ4v) is 3.79. The molecule has 180 valence electrons. The second-order valence-corrected chi connectivity index (χ2v) is 8.14. The quantitative estimate of drug-likeness (QED) is 0.330. The van der Waals surface area contributed by atoms with Crippen molar-refractivity contribution in [3.8, 4) is 17.4 Å². The molecule has 4 N–H and O–H groups in total. The molecule has 2 heterocycles. The fraction of sp³-hybridized carbons (Fsp3) is 0.0741. The van der Waals surface area contributed by atoms with Crippen molar-refractivity contribution in [2.75, 3.05) is 10.6 Å². The van der Waals surface area contributed by atoms with E-state index in [-0.39, 0.29) is 0 Å². The standard InChI is InChI=1S/C27H24N6O3/c1-18-10-11-22(36-26-13-12-25-30-24(28)16-32(25)31-26)15-23(18)33(27(29)34)20-8-5-9-21(14-20)35-17-19-6-3-2-4-7-19/h2-16H,17,28H2,1H3,(H2,29,34). The number of nitrogens with two attached hydrogens (primary N) is 2. The van der Waals surface area contributed by atoms with Crippen LogP contribution in [-0.4, -0.2) is 20.6 Å². The van der Waals surface area contributed by atoms with Crippen molar-refractivity contribution in [3.05, 3.63) is 102 Å². The van der Waals surface area contributed by atoms with E-state index in [4.69, 9.17) is 20.9 Å². The van der Waals surface area contributed by atoms with Crippen molar-refractivity contribution in [1.82, 2.24) is 14.6 Å². The van der Waals surface area contributed by atoms with Gasteiger partial charge in [-0.3, -0.25) is 4.90 Å². The topological polar surface area (TPSA) is 121 Å². The number of nitrogens with zero attached hydrogens (tertiary/aromatic N) is 4. The number of nitrogen functional groups attached to an aromatic ring is 1. The second kappa shape index (κ2) is 9.67. The minimum absolute atomic E-state index is 0.344. The molecule has 0 unspecified atom stereocenters. The maximum Gasteiger partial charge on any atom is 0.323 e. The third-order valence-electron chi connectivity index (χ3n) is 5.50. The molecule has 2 aromatic heterocycles. The smallest absolute Gasteiger partial charge is 0.323 e. The van der Waals surface area contributed by atoms with Gasteiger partial charge in [0.25, 0.3) is 0 Å². The number of anilines is 3. The molecular weight excluding hydrogens is 456 g/mol. The third-order valence-corrected chi connectivity index (χ3v) is 5.50. The molecule has 9 nitrogen and oxygen atoms in total. The lowest BCUT2D eigenvalue weighted by Crippen LogP contribution is -2.32. The number of carbonyl (C=O) groups excluding carboxylic acids is 1. The molecule has 5 rings (SSSR count). The highest BCUT2D eigenvalue weighted by atomic mass is 16.5. The van der Waals surface area contributed by atoms with Gasteiger partial charge in [-0.25, -0.2) is 14.3 Å². The lowest BCUT2D eigenvalue weighted by molar-refractivity contribution is 0.256. The average molecular weight is 481 g/mol. The van der Waals surface area contributed by atoms with Crippen LogP contribution in [0, 0.1) is 6.92 Å². The average Bonchev–Trinajstić information content (AvgIpc) is 3.25. The number of rotatable bonds is 7. The molecule has 0 bridgehead atoms. The molecule has 0 spiro atoms. The number of hydrogen-bond donors (Lipinski definition) is 2. The Bertz CT molecular complexity index is 1530. The number of amides is 2. The molecule has 0 atom stereocenters. The van der Waals surface area contributed by atoms with Gasteiger partial charge >= 0.3 is 6.03 Å². The van der Waals surface area contributed by atoms with Crippen molar-refractivity contribution in [2.24, 2.45) is 5.73 Å². The molecule has 3 aromatic carbocycles. The molecule has 9 heteroatoms. The zero-order chi connectivity index (χ0) is 25.1. The van der Waals surface area contributed by atoms with Crippen LogP contribution in [-0.2, 0) is 6.61 Å². The predicted octanol–water partition coefficient (Wildman–Crippen LogP) is 5.21. The van der Waals surface area contributed by atoms with Gasteiger partial charge in [-0.1, -0.05) is 42.5 Å². The summed E-state index contributed by atoms with van der Waals surface area (Å²) in [6.45, 7) is 2.30. The Labute approximate surface area is 207 Å². The van der Waals surface area contributed by atoms with Crippen LogP contribution in [0.5, 0.6) is 17.4 Å². The van der Waals surface area contributed by atoms with Crippen molar-refractivity contribution < 1.29 is 14.3 Å². The summed E-state index contributed by atoms with van der Waals surface area (Å²) < 4.78 is 13.4. The number of aryl methyl sites for hydroxylation is 1. The second-order valence-electron chi connectivity index (χ2n) is 8.14. The van der Waals surface area contributed by atoms with E-state index < -0.39 is 6.03 Å². The molecule has 0 fully saturated rings. The molecule has 5 aromatic rings. The van der Waals surface area contributed by atoms with Crippen LogP contribution in [0.1, 0.15) is 11.1 Å². The number of urea groups is 1. The molecular formula is C27H24N6O3.